The Morgan fingerprint density at radius 2 is 1.94 bits per heavy atom. The molecule has 0 bridgehead atoms. The van der Waals surface area contributed by atoms with E-state index < -0.39 is 12.2 Å². The van der Waals surface area contributed by atoms with Gasteiger partial charge >= 0.3 is 6.18 Å². The first kappa shape index (κ1) is 12.4. The molecule has 2 rings (SSSR count). The van der Waals surface area contributed by atoms with Crippen molar-refractivity contribution in [1.82, 2.24) is 4.90 Å². The van der Waals surface area contributed by atoms with E-state index in [2.05, 4.69) is 0 Å². The number of alkyl halides is 3. The van der Waals surface area contributed by atoms with Crippen LogP contribution < -0.4 is 0 Å². The number of hydrogen-bond donors (Lipinski definition) is 0. The summed E-state index contributed by atoms with van der Waals surface area (Å²) in [7, 11) is 0. The molecule has 5 heteroatoms. The Balaban J connectivity index is 2.07. The summed E-state index contributed by atoms with van der Waals surface area (Å²) in [6.07, 6.45) is -4.23. The van der Waals surface area contributed by atoms with Gasteiger partial charge in [-0.1, -0.05) is 30.3 Å². The highest BCUT2D eigenvalue weighted by molar-refractivity contribution is 5.14. The molecule has 1 aliphatic heterocycles. The zero-order chi connectivity index (χ0) is 12.3. The van der Waals surface area contributed by atoms with Gasteiger partial charge < -0.3 is 4.74 Å². The molecule has 0 aliphatic carbocycles. The van der Waals surface area contributed by atoms with Gasteiger partial charge in [-0.3, -0.25) is 4.90 Å². The number of benzene rings is 1. The third-order valence-electron chi connectivity index (χ3n) is 2.85. The molecule has 1 aromatic rings. The van der Waals surface area contributed by atoms with Gasteiger partial charge in [0.15, 0.2) is 0 Å². The van der Waals surface area contributed by atoms with Crippen molar-refractivity contribution in [3.63, 3.8) is 0 Å². The highest BCUT2D eigenvalue weighted by atomic mass is 19.4. The number of morpholine rings is 1. The molecule has 0 aromatic heterocycles. The summed E-state index contributed by atoms with van der Waals surface area (Å²) < 4.78 is 43.2. The fourth-order valence-corrected chi connectivity index (χ4v) is 1.95. The lowest BCUT2D eigenvalue weighted by Gasteiger charge is -2.36. The van der Waals surface area contributed by atoms with Crippen LogP contribution in [-0.4, -0.2) is 36.9 Å². The van der Waals surface area contributed by atoms with Crippen LogP contribution in [0.3, 0.4) is 0 Å². The molecule has 1 atom stereocenters. The highest BCUT2D eigenvalue weighted by Gasteiger charge is 2.45. The number of nitrogens with zero attached hydrogens (tertiary/aromatic N) is 1. The molecule has 1 aromatic carbocycles. The van der Waals surface area contributed by atoms with Crippen LogP contribution in [0.15, 0.2) is 30.3 Å². The number of halogens is 3. The van der Waals surface area contributed by atoms with Crippen molar-refractivity contribution in [2.75, 3.05) is 19.8 Å². The van der Waals surface area contributed by atoms with Crippen LogP contribution >= 0.6 is 0 Å². The second-order valence-electron chi connectivity index (χ2n) is 4.09. The third kappa shape index (κ3) is 3.20. The Labute approximate surface area is 98.0 Å². The van der Waals surface area contributed by atoms with Gasteiger partial charge in [0, 0.05) is 13.1 Å². The average Bonchev–Trinajstić information content (AvgIpc) is 2.30. The van der Waals surface area contributed by atoms with Crippen LogP contribution in [0, 0.1) is 0 Å². The lowest BCUT2D eigenvalue weighted by Crippen LogP contribution is -2.52. The van der Waals surface area contributed by atoms with Gasteiger partial charge in [0.25, 0.3) is 0 Å². The molecule has 0 saturated carbocycles. The molecule has 1 fully saturated rings. The van der Waals surface area contributed by atoms with Crippen LogP contribution in [0.1, 0.15) is 5.56 Å². The van der Waals surface area contributed by atoms with Gasteiger partial charge in [0.2, 0.25) is 0 Å². The topological polar surface area (TPSA) is 12.5 Å². The minimum absolute atomic E-state index is 0.268. The van der Waals surface area contributed by atoms with E-state index in [0.29, 0.717) is 19.7 Å². The number of rotatable bonds is 2. The van der Waals surface area contributed by atoms with E-state index in [1.165, 1.54) is 4.90 Å². The zero-order valence-electron chi connectivity index (χ0n) is 9.28. The number of hydrogen-bond acceptors (Lipinski definition) is 2. The Bertz CT molecular complexity index is 353. The van der Waals surface area contributed by atoms with Crippen molar-refractivity contribution in [1.29, 1.82) is 0 Å². The Hall–Kier alpha value is -1.07. The van der Waals surface area contributed by atoms with Crippen molar-refractivity contribution in [3.05, 3.63) is 35.9 Å². The molecule has 1 saturated heterocycles. The quantitative estimate of drug-likeness (QED) is 0.793. The van der Waals surface area contributed by atoms with E-state index in [0.717, 1.165) is 5.56 Å². The van der Waals surface area contributed by atoms with Crippen LogP contribution in [0.5, 0.6) is 0 Å². The zero-order valence-corrected chi connectivity index (χ0v) is 9.28. The third-order valence-corrected chi connectivity index (χ3v) is 2.85. The predicted octanol–water partition coefficient (Wildman–Crippen LogP) is 2.45. The van der Waals surface area contributed by atoms with Crippen molar-refractivity contribution in [3.8, 4) is 0 Å². The first-order valence-electron chi connectivity index (χ1n) is 5.50. The fourth-order valence-electron chi connectivity index (χ4n) is 1.95. The average molecular weight is 245 g/mol. The van der Waals surface area contributed by atoms with Gasteiger partial charge in [-0.05, 0) is 5.56 Å². The molecule has 17 heavy (non-hydrogen) atoms. The van der Waals surface area contributed by atoms with Crippen LogP contribution in [0.25, 0.3) is 0 Å². The van der Waals surface area contributed by atoms with Gasteiger partial charge in [0.1, 0.15) is 6.04 Å². The predicted molar refractivity (Wildman–Crippen MR) is 57.5 cm³/mol. The SMILES string of the molecule is FC(F)(F)C1COCCN1Cc1ccccc1. The maximum atomic E-state index is 12.8. The first-order chi connectivity index (χ1) is 8.07. The lowest BCUT2D eigenvalue weighted by atomic mass is 10.1. The monoisotopic (exact) mass is 245 g/mol. The summed E-state index contributed by atoms with van der Waals surface area (Å²) in [5.41, 5.74) is 0.892. The Kier molecular flexibility index (Phi) is 3.69. The van der Waals surface area contributed by atoms with Crippen molar-refractivity contribution in [2.45, 2.75) is 18.8 Å². The first-order valence-corrected chi connectivity index (χ1v) is 5.50. The summed E-state index contributed by atoms with van der Waals surface area (Å²) in [5.74, 6) is 0. The van der Waals surface area contributed by atoms with Crippen molar-refractivity contribution in [2.24, 2.45) is 0 Å². The summed E-state index contributed by atoms with van der Waals surface area (Å²) in [6, 6.07) is 7.70. The second kappa shape index (κ2) is 5.06. The molecular formula is C12H14F3NO. The smallest absolute Gasteiger partial charge is 0.378 e. The molecule has 1 unspecified atom stereocenters. The normalized spacial score (nSPS) is 22.6. The second-order valence-corrected chi connectivity index (χ2v) is 4.09. The minimum Gasteiger partial charge on any atom is -0.378 e. The van der Waals surface area contributed by atoms with Gasteiger partial charge in [-0.25, -0.2) is 0 Å². The summed E-state index contributed by atoms with van der Waals surface area (Å²) in [6.45, 7) is 0.725. The van der Waals surface area contributed by atoms with E-state index in [9.17, 15) is 13.2 Å². The molecule has 1 heterocycles. The van der Waals surface area contributed by atoms with E-state index in [1.807, 2.05) is 30.3 Å². The molecule has 94 valence electrons. The van der Waals surface area contributed by atoms with Crippen LogP contribution in [0.4, 0.5) is 13.2 Å². The minimum atomic E-state index is -4.23. The molecule has 0 N–H and O–H groups in total. The maximum Gasteiger partial charge on any atom is 0.406 e. The van der Waals surface area contributed by atoms with Crippen molar-refractivity contribution >= 4 is 0 Å². The molecular weight excluding hydrogens is 231 g/mol. The van der Waals surface area contributed by atoms with Crippen LogP contribution in [-0.2, 0) is 11.3 Å². The van der Waals surface area contributed by atoms with E-state index in [4.69, 9.17) is 4.74 Å². The fraction of sp³-hybridized carbons (Fsp3) is 0.500. The lowest BCUT2D eigenvalue weighted by molar-refractivity contribution is -0.213. The Morgan fingerprint density at radius 1 is 1.24 bits per heavy atom. The molecule has 0 amide bonds. The summed E-state index contributed by atoms with van der Waals surface area (Å²) in [5, 5.41) is 0. The molecule has 2 nitrogen and oxygen atoms in total. The largest absolute Gasteiger partial charge is 0.406 e. The van der Waals surface area contributed by atoms with Gasteiger partial charge in [-0.15, -0.1) is 0 Å². The van der Waals surface area contributed by atoms with E-state index in [-0.39, 0.29) is 6.61 Å². The molecule has 0 radical (unpaired) electrons. The number of ether oxygens (including phenoxy) is 1. The maximum absolute atomic E-state index is 12.8. The van der Waals surface area contributed by atoms with E-state index >= 15 is 0 Å². The Morgan fingerprint density at radius 3 is 2.59 bits per heavy atom. The summed E-state index contributed by atoms with van der Waals surface area (Å²) >= 11 is 0. The van der Waals surface area contributed by atoms with Gasteiger partial charge in [-0.2, -0.15) is 13.2 Å². The highest BCUT2D eigenvalue weighted by Crippen LogP contribution is 2.28. The molecule has 1 aliphatic rings. The summed E-state index contributed by atoms with van der Waals surface area (Å²) in [4.78, 5) is 1.43. The standard InChI is InChI=1S/C12H14F3NO/c13-12(14,15)11-9-17-7-6-16(11)8-10-4-2-1-3-5-10/h1-5,11H,6-9H2. The van der Waals surface area contributed by atoms with Crippen LogP contribution in [0.2, 0.25) is 0 Å². The van der Waals surface area contributed by atoms with E-state index in [1.54, 1.807) is 0 Å². The molecule has 0 spiro atoms. The van der Waals surface area contributed by atoms with Gasteiger partial charge in [0.05, 0.1) is 13.2 Å². The van der Waals surface area contributed by atoms with Crippen molar-refractivity contribution < 1.29 is 17.9 Å².